The molecule has 0 bridgehead atoms. The fourth-order valence-corrected chi connectivity index (χ4v) is 2.97. The maximum Gasteiger partial charge on any atom is 0.312 e. The van der Waals surface area contributed by atoms with Gasteiger partial charge in [0.25, 0.3) is 0 Å². The summed E-state index contributed by atoms with van der Waals surface area (Å²) >= 11 is 1.68. The van der Waals surface area contributed by atoms with E-state index in [4.69, 9.17) is 5.11 Å². The van der Waals surface area contributed by atoms with Gasteiger partial charge < -0.3 is 5.11 Å². The van der Waals surface area contributed by atoms with Crippen molar-refractivity contribution in [2.24, 2.45) is 0 Å². The largest absolute Gasteiger partial charge is 0.481 e. The summed E-state index contributed by atoms with van der Waals surface area (Å²) in [5, 5.41) is 10.1. The molecule has 76 valence electrons. The van der Waals surface area contributed by atoms with Crippen molar-refractivity contribution in [3.05, 3.63) is 15.6 Å². The summed E-state index contributed by atoms with van der Waals surface area (Å²) < 4.78 is 0. The van der Waals surface area contributed by atoms with E-state index in [0.29, 0.717) is 0 Å². The van der Waals surface area contributed by atoms with Gasteiger partial charge in [0.1, 0.15) is 0 Å². The Balaban J connectivity index is 2.38. The molecule has 1 heterocycles. The number of aliphatic carboxylic acids is 1. The fraction of sp³-hybridized carbons (Fsp3) is 0.600. The van der Waals surface area contributed by atoms with Crippen molar-refractivity contribution in [3.63, 3.8) is 0 Å². The number of carbonyl (C=O) groups is 1. The maximum absolute atomic E-state index is 11.0. The zero-order valence-electron chi connectivity index (χ0n) is 8.12. The number of rotatable bonds is 2. The minimum absolute atomic E-state index is 0.352. The molecular weight excluding hydrogens is 198 g/mol. The molecule has 0 aromatic carbocycles. The van der Waals surface area contributed by atoms with E-state index < -0.39 is 5.97 Å². The van der Waals surface area contributed by atoms with Crippen molar-refractivity contribution in [1.29, 1.82) is 0 Å². The molecule has 1 aromatic heterocycles. The Kier molecular flexibility index (Phi) is 2.54. The lowest BCUT2D eigenvalue weighted by molar-refractivity contribution is -0.139. The van der Waals surface area contributed by atoms with Crippen LogP contribution in [0.25, 0.3) is 0 Å². The number of fused-ring (bicyclic) bond motifs is 1. The van der Waals surface area contributed by atoms with E-state index in [9.17, 15) is 4.79 Å². The average molecular weight is 211 g/mol. The van der Waals surface area contributed by atoms with Gasteiger partial charge in [-0.15, -0.1) is 11.3 Å². The van der Waals surface area contributed by atoms with E-state index in [0.717, 1.165) is 36.4 Å². The fourth-order valence-electron chi connectivity index (χ4n) is 1.86. The van der Waals surface area contributed by atoms with E-state index >= 15 is 0 Å². The number of thiazole rings is 1. The van der Waals surface area contributed by atoms with Crippen molar-refractivity contribution in [1.82, 2.24) is 4.98 Å². The second kappa shape index (κ2) is 3.69. The van der Waals surface area contributed by atoms with Crippen molar-refractivity contribution < 1.29 is 9.90 Å². The van der Waals surface area contributed by atoms with Crippen LogP contribution in [-0.4, -0.2) is 16.1 Å². The normalized spacial score (nSPS) is 20.5. The lowest BCUT2D eigenvalue weighted by atomic mass is 9.91. The van der Waals surface area contributed by atoms with Crippen molar-refractivity contribution in [2.75, 3.05) is 0 Å². The van der Waals surface area contributed by atoms with Gasteiger partial charge in [-0.3, -0.25) is 4.79 Å². The predicted octanol–water partition coefficient (Wildman–Crippen LogP) is 2.21. The third kappa shape index (κ3) is 1.54. The highest BCUT2D eigenvalue weighted by atomic mass is 32.1. The van der Waals surface area contributed by atoms with Gasteiger partial charge in [-0.05, 0) is 25.7 Å². The Morgan fingerprint density at radius 3 is 3.14 bits per heavy atom. The Morgan fingerprint density at radius 1 is 1.71 bits per heavy atom. The number of carboxylic acid groups (broad SMARTS) is 1. The molecule has 1 atom stereocenters. The van der Waals surface area contributed by atoms with Gasteiger partial charge in [0.15, 0.2) is 0 Å². The van der Waals surface area contributed by atoms with E-state index in [-0.39, 0.29) is 5.92 Å². The molecule has 0 saturated carbocycles. The summed E-state index contributed by atoms with van der Waals surface area (Å²) in [6.07, 6.45) is 3.64. The predicted molar refractivity (Wildman–Crippen MR) is 54.8 cm³/mol. The molecule has 0 spiro atoms. The summed E-state index contributed by atoms with van der Waals surface area (Å²) in [5.74, 6) is -1.07. The first-order chi connectivity index (χ1) is 6.72. The number of nitrogens with zero attached hydrogens (tertiary/aromatic N) is 1. The number of hydrogen-bond donors (Lipinski definition) is 1. The molecule has 2 rings (SSSR count). The standard InChI is InChI=1S/C10H13NO2S/c1-2-8-11-9-6(10(12)13)4-3-5-7(9)14-8/h6H,2-5H2,1H3,(H,12,13). The Hall–Kier alpha value is -0.900. The van der Waals surface area contributed by atoms with Crippen LogP contribution >= 0.6 is 11.3 Å². The molecule has 0 saturated heterocycles. The molecular formula is C10H13NO2S. The second-order valence-corrected chi connectivity index (χ2v) is 4.72. The molecule has 4 heteroatoms. The Bertz CT molecular complexity index is 359. The zero-order chi connectivity index (χ0) is 10.1. The van der Waals surface area contributed by atoms with Crippen LogP contribution in [-0.2, 0) is 17.6 Å². The maximum atomic E-state index is 11.0. The Morgan fingerprint density at radius 2 is 2.50 bits per heavy atom. The van der Waals surface area contributed by atoms with Crippen molar-refractivity contribution in [3.8, 4) is 0 Å². The molecule has 1 aromatic rings. The lowest BCUT2D eigenvalue weighted by Crippen LogP contribution is -2.17. The van der Waals surface area contributed by atoms with Crippen molar-refractivity contribution in [2.45, 2.75) is 38.5 Å². The summed E-state index contributed by atoms with van der Waals surface area (Å²) in [7, 11) is 0. The van der Waals surface area contributed by atoms with Gasteiger partial charge in [0.2, 0.25) is 0 Å². The van der Waals surface area contributed by atoms with Crippen LogP contribution in [0.4, 0.5) is 0 Å². The first-order valence-electron chi connectivity index (χ1n) is 4.93. The molecule has 0 aliphatic heterocycles. The quantitative estimate of drug-likeness (QED) is 0.816. The van der Waals surface area contributed by atoms with Crippen LogP contribution in [0, 0.1) is 0 Å². The van der Waals surface area contributed by atoms with Gasteiger partial charge >= 0.3 is 5.97 Å². The number of aryl methyl sites for hydroxylation is 2. The number of aromatic nitrogens is 1. The number of hydrogen-bond acceptors (Lipinski definition) is 3. The minimum Gasteiger partial charge on any atom is -0.481 e. The molecule has 1 aliphatic carbocycles. The minimum atomic E-state index is -0.723. The van der Waals surface area contributed by atoms with E-state index in [2.05, 4.69) is 11.9 Å². The number of carboxylic acids is 1. The van der Waals surface area contributed by atoms with Gasteiger partial charge in [-0.2, -0.15) is 0 Å². The molecule has 0 fully saturated rings. The molecule has 3 nitrogen and oxygen atoms in total. The van der Waals surface area contributed by atoms with Gasteiger partial charge in [-0.1, -0.05) is 6.92 Å². The first-order valence-corrected chi connectivity index (χ1v) is 5.75. The van der Waals surface area contributed by atoms with Gasteiger partial charge in [-0.25, -0.2) is 4.98 Å². The van der Waals surface area contributed by atoms with E-state index in [1.165, 1.54) is 4.88 Å². The molecule has 1 aliphatic rings. The lowest BCUT2D eigenvalue weighted by Gasteiger charge is -2.16. The third-order valence-corrected chi connectivity index (χ3v) is 3.87. The summed E-state index contributed by atoms with van der Waals surface area (Å²) in [4.78, 5) is 16.6. The molecule has 1 N–H and O–H groups in total. The smallest absolute Gasteiger partial charge is 0.312 e. The molecule has 14 heavy (non-hydrogen) atoms. The highest BCUT2D eigenvalue weighted by molar-refractivity contribution is 7.11. The average Bonchev–Trinajstić information content (AvgIpc) is 2.59. The topological polar surface area (TPSA) is 50.2 Å². The van der Waals surface area contributed by atoms with Crippen LogP contribution in [0.5, 0.6) is 0 Å². The summed E-state index contributed by atoms with van der Waals surface area (Å²) in [6, 6.07) is 0. The summed E-state index contributed by atoms with van der Waals surface area (Å²) in [5.41, 5.74) is 0.839. The van der Waals surface area contributed by atoms with Crippen LogP contribution < -0.4 is 0 Å². The monoisotopic (exact) mass is 211 g/mol. The van der Waals surface area contributed by atoms with E-state index in [1.54, 1.807) is 11.3 Å². The van der Waals surface area contributed by atoms with E-state index in [1.807, 2.05) is 0 Å². The molecule has 0 amide bonds. The third-order valence-electron chi connectivity index (χ3n) is 2.60. The first kappa shape index (κ1) is 9.65. The Labute approximate surface area is 86.8 Å². The van der Waals surface area contributed by atoms with Crippen molar-refractivity contribution >= 4 is 17.3 Å². The van der Waals surface area contributed by atoms with Gasteiger partial charge in [0, 0.05) is 4.88 Å². The van der Waals surface area contributed by atoms with Crippen LogP contribution in [0.2, 0.25) is 0 Å². The highest BCUT2D eigenvalue weighted by Gasteiger charge is 2.29. The SMILES string of the molecule is CCc1nc2c(s1)CCCC2C(=O)O. The second-order valence-electron chi connectivity index (χ2n) is 3.55. The van der Waals surface area contributed by atoms with Crippen LogP contribution in [0.15, 0.2) is 0 Å². The molecule has 0 radical (unpaired) electrons. The zero-order valence-corrected chi connectivity index (χ0v) is 8.93. The molecule has 1 unspecified atom stereocenters. The summed E-state index contributed by atoms with van der Waals surface area (Å²) in [6.45, 7) is 2.06. The van der Waals surface area contributed by atoms with Crippen LogP contribution in [0.1, 0.15) is 41.3 Å². The van der Waals surface area contributed by atoms with Crippen LogP contribution in [0.3, 0.4) is 0 Å². The van der Waals surface area contributed by atoms with Gasteiger partial charge in [0.05, 0.1) is 16.6 Å². The highest BCUT2D eigenvalue weighted by Crippen LogP contribution is 2.34.